The molecule has 1 atom stereocenters. The summed E-state index contributed by atoms with van der Waals surface area (Å²) >= 11 is 1.23. The Hall–Kier alpha value is -4.06. The standard InChI is InChI=1S/C25H26F2N6O3S/c1-14(2)28-23(35)32-25-29-17(13-37-25)12-33-21-6-4-3-5-15(21)7-9-20(22(33)34)31-24(36)30-19-10-8-16(26)11-18(19)27/h3-6,8,10-11,13-14,20H,7,9,12H2,1-2H3,(H2,30,31,36)(H2,28,29,32,35). The van der Waals surface area contributed by atoms with Crippen molar-refractivity contribution in [3.05, 3.63) is 70.7 Å². The van der Waals surface area contributed by atoms with E-state index in [1.807, 2.05) is 38.1 Å². The van der Waals surface area contributed by atoms with E-state index in [0.717, 1.165) is 17.7 Å². The maximum Gasteiger partial charge on any atom is 0.321 e. The topological polar surface area (TPSA) is 115 Å². The molecule has 1 aliphatic heterocycles. The summed E-state index contributed by atoms with van der Waals surface area (Å²) in [4.78, 5) is 44.1. The number of hydrogen-bond donors (Lipinski definition) is 4. The third kappa shape index (κ3) is 6.58. The molecule has 9 nitrogen and oxygen atoms in total. The van der Waals surface area contributed by atoms with Gasteiger partial charge >= 0.3 is 12.1 Å². The van der Waals surface area contributed by atoms with Crippen molar-refractivity contribution in [2.24, 2.45) is 0 Å². The molecule has 12 heteroatoms. The van der Waals surface area contributed by atoms with E-state index in [-0.39, 0.29) is 30.2 Å². The smallest absolute Gasteiger partial charge is 0.321 e. The summed E-state index contributed by atoms with van der Waals surface area (Å²) < 4.78 is 27.1. The van der Waals surface area contributed by atoms with E-state index in [4.69, 9.17) is 0 Å². The highest BCUT2D eigenvalue weighted by Gasteiger charge is 2.32. The normalized spacial score (nSPS) is 15.1. The van der Waals surface area contributed by atoms with E-state index in [2.05, 4.69) is 26.3 Å². The zero-order valence-electron chi connectivity index (χ0n) is 20.2. The van der Waals surface area contributed by atoms with Gasteiger partial charge in [0.05, 0.1) is 17.9 Å². The van der Waals surface area contributed by atoms with Crippen molar-refractivity contribution in [2.45, 2.75) is 45.3 Å². The van der Waals surface area contributed by atoms with Crippen LogP contribution in [0.15, 0.2) is 47.8 Å². The van der Waals surface area contributed by atoms with Gasteiger partial charge in [0.15, 0.2) is 5.13 Å². The van der Waals surface area contributed by atoms with Gasteiger partial charge in [-0.15, -0.1) is 11.3 Å². The summed E-state index contributed by atoms with van der Waals surface area (Å²) in [6, 6.07) is 8.13. The van der Waals surface area contributed by atoms with Crippen molar-refractivity contribution in [2.75, 3.05) is 15.5 Å². The number of carbonyl (C=O) groups is 3. The SMILES string of the molecule is CC(C)NC(=O)Nc1nc(CN2C(=O)C(NC(=O)Nc3ccc(F)cc3F)CCc3ccccc32)cs1. The van der Waals surface area contributed by atoms with Gasteiger partial charge in [-0.25, -0.2) is 23.4 Å². The van der Waals surface area contributed by atoms with Gasteiger partial charge in [0, 0.05) is 23.2 Å². The van der Waals surface area contributed by atoms with Crippen molar-refractivity contribution in [1.29, 1.82) is 0 Å². The van der Waals surface area contributed by atoms with Crippen LogP contribution in [0.4, 0.5) is 34.9 Å². The Labute approximate surface area is 216 Å². The van der Waals surface area contributed by atoms with Crippen LogP contribution in [0.5, 0.6) is 0 Å². The zero-order valence-corrected chi connectivity index (χ0v) is 21.0. The molecule has 3 aromatic rings. The number of hydrogen-bond acceptors (Lipinski definition) is 5. The number of thiazole rings is 1. The van der Waals surface area contributed by atoms with Gasteiger partial charge in [-0.05, 0) is 50.5 Å². The first-order valence-electron chi connectivity index (χ1n) is 11.6. The summed E-state index contributed by atoms with van der Waals surface area (Å²) in [6.45, 7) is 3.80. The molecule has 2 aromatic carbocycles. The molecule has 0 saturated heterocycles. The van der Waals surface area contributed by atoms with Gasteiger partial charge in [0.25, 0.3) is 0 Å². The number of halogens is 2. The maximum atomic E-state index is 14.0. The van der Waals surface area contributed by atoms with E-state index in [0.29, 0.717) is 35.4 Å². The highest BCUT2D eigenvalue weighted by Crippen LogP contribution is 2.29. The first kappa shape index (κ1) is 26.0. The van der Waals surface area contributed by atoms with E-state index in [1.54, 1.807) is 10.3 Å². The van der Waals surface area contributed by atoms with Crippen molar-refractivity contribution in [1.82, 2.24) is 15.6 Å². The lowest BCUT2D eigenvalue weighted by Crippen LogP contribution is -2.49. The average Bonchev–Trinajstić information content (AvgIpc) is 3.23. The quantitative estimate of drug-likeness (QED) is 0.374. The van der Waals surface area contributed by atoms with Gasteiger partial charge in [-0.3, -0.25) is 10.1 Å². The number of benzene rings is 2. The molecule has 0 bridgehead atoms. The van der Waals surface area contributed by atoms with Crippen LogP contribution in [0, 0.1) is 11.6 Å². The molecule has 1 unspecified atom stereocenters. The fourth-order valence-electron chi connectivity index (χ4n) is 3.91. The number of nitrogens with one attached hydrogen (secondary N) is 4. The minimum absolute atomic E-state index is 0.0353. The van der Waals surface area contributed by atoms with E-state index < -0.39 is 23.7 Å². The number of amides is 5. The third-order valence-corrected chi connectivity index (χ3v) is 6.35. The molecule has 4 rings (SSSR count). The van der Waals surface area contributed by atoms with E-state index >= 15 is 0 Å². The Morgan fingerprint density at radius 2 is 1.92 bits per heavy atom. The Morgan fingerprint density at radius 3 is 2.68 bits per heavy atom. The Bertz CT molecular complexity index is 1320. The molecule has 4 N–H and O–H groups in total. The number of fused-ring (bicyclic) bond motifs is 1. The number of aromatic nitrogens is 1. The molecule has 0 radical (unpaired) electrons. The lowest BCUT2D eigenvalue weighted by Gasteiger charge is -2.25. The monoisotopic (exact) mass is 528 g/mol. The summed E-state index contributed by atoms with van der Waals surface area (Å²) in [5, 5.41) is 12.5. The molecule has 0 fully saturated rings. The molecular formula is C25H26F2N6O3S. The molecule has 0 spiro atoms. The van der Waals surface area contributed by atoms with Crippen LogP contribution >= 0.6 is 11.3 Å². The van der Waals surface area contributed by atoms with Crippen molar-refractivity contribution < 1.29 is 23.2 Å². The Balaban J connectivity index is 1.50. The molecular weight excluding hydrogens is 502 g/mol. The van der Waals surface area contributed by atoms with Crippen LogP contribution in [-0.2, 0) is 17.8 Å². The second-order valence-electron chi connectivity index (χ2n) is 8.76. The van der Waals surface area contributed by atoms with Crippen LogP contribution in [0.3, 0.4) is 0 Å². The number of rotatable bonds is 6. The first-order chi connectivity index (χ1) is 17.7. The molecule has 0 saturated carbocycles. The predicted molar refractivity (Wildman–Crippen MR) is 138 cm³/mol. The molecule has 2 heterocycles. The molecule has 1 aliphatic rings. The second-order valence-corrected chi connectivity index (χ2v) is 9.62. The van der Waals surface area contributed by atoms with Gasteiger partial charge in [-0.1, -0.05) is 18.2 Å². The van der Waals surface area contributed by atoms with Crippen LogP contribution in [0.2, 0.25) is 0 Å². The fraction of sp³-hybridized carbons (Fsp3) is 0.280. The van der Waals surface area contributed by atoms with Crippen molar-refractivity contribution in [3.8, 4) is 0 Å². The number of carbonyl (C=O) groups excluding carboxylic acids is 3. The first-order valence-corrected chi connectivity index (χ1v) is 12.5. The van der Waals surface area contributed by atoms with Crippen LogP contribution in [0.1, 0.15) is 31.5 Å². The van der Waals surface area contributed by atoms with Gasteiger partial charge in [-0.2, -0.15) is 0 Å². The maximum absolute atomic E-state index is 14.0. The van der Waals surface area contributed by atoms with E-state index in [1.165, 1.54) is 11.3 Å². The largest absolute Gasteiger partial charge is 0.336 e. The number of para-hydroxylation sites is 1. The van der Waals surface area contributed by atoms with Crippen LogP contribution in [-0.4, -0.2) is 35.0 Å². The number of urea groups is 2. The fourth-order valence-corrected chi connectivity index (χ4v) is 4.61. The minimum Gasteiger partial charge on any atom is -0.336 e. The van der Waals surface area contributed by atoms with Crippen LogP contribution in [0.25, 0.3) is 0 Å². The lowest BCUT2D eigenvalue weighted by atomic mass is 10.1. The van der Waals surface area contributed by atoms with Gasteiger partial charge < -0.3 is 20.9 Å². The average molecular weight is 529 g/mol. The second kappa shape index (κ2) is 11.3. The third-order valence-electron chi connectivity index (χ3n) is 5.55. The van der Waals surface area contributed by atoms with Crippen LogP contribution < -0.4 is 26.2 Å². The summed E-state index contributed by atoms with van der Waals surface area (Å²) in [7, 11) is 0. The number of anilines is 3. The van der Waals surface area contributed by atoms with Crippen molar-refractivity contribution in [3.63, 3.8) is 0 Å². The highest BCUT2D eigenvalue weighted by atomic mass is 32.1. The molecule has 0 aliphatic carbocycles. The summed E-state index contributed by atoms with van der Waals surface area (Å²) in [6.07, 6.45) is 0.846. The minimum atomic E-state index is -0.925. The Kier molecular flexibility index (Phi) is 7.97. The van der Waals surface area contributed by atoms with Gasteiger partial charge in [0.2, 0.25) is 5.91 Å². The zero-order chi connectivity index (χ0) is 26.5. The number of nitrogens with zero attached hydrogens (tertiary/aromatic N) is 2. The highest BCUT2D eigenvalue weighted by molar-refractivity contribution is 7.13. The predicted octanol–water partition coefficient (Wildman–Crippen LogP) is 4.62. The van der Waals surface area contributed by atoms with Gasteiger partial charge in [0.1, 0.15) is 17.7 Å². The molecule has 5 amide bonds. The number of aryl methyl sites for hydroxylation is 1. The van der Waals surface area contributed by atoms with E-state index in [9.17, 15) is 23.2 Å². The molecule has 37 heavy (non-hydrogen) atoms. The Morgan fingerprint density at radius 1 is 1.14 bits per heavy atom. The lowest BCUT2D eigenvalue weighted by molar-refractivity contribution is -0.120. The molecule has 1 aromatic heterocycles. The van der Waals surface area contributed by atoms with Crippen molar-refractivity contribution >= 4 is 45.8 Å². The summed E-state index contributed by atoms with van der Waals surface area (Å²) in [5.41, 5.74) is 1.98. The molecule has 194 valence electrons. The summed E-state index contributed by atoms with van der Waals surface area (Å²) in [5.74, 6) is -2.05.